The number of nitro groups is 1. The quantitative estimate of drug-likeness (QED) is 0.623. The van der Waals surface area contributed by atoms with Crippen LogP contribution in [-0.2, 0) is 0 Å². The second kappa shape index (κ2) is 4.00. The maximum atomic E-state index is 10.6. The van der Waals surface area contributed by atoms with Crippen molar-refractivity contribution >= 4 is 11.8 Å². The number of nitrogens with zero attached hydrogens (tertiary/aromatic N) is 4. The molecule has 0 aliphatic rings. The SMILES string of the molecule is O=C(O)c1cnn(-c2ccc([N+](=O)[O-])nc2)c1. The molecule has 0 fully saturated rings. The molecule has 0 amide bonds. The lowest BCUT2D eigenvalue weighted by Crippen LogP contribution is -1.98. The van der Waals surface area contributed by atoms with E-state index in [0.717, 1.165) is 0 Å². The summed E-state index contributed by atoms with van der Waals surface area (Å²) in [7, 11) is 0. The van der Waals surface area contributed by atoms with Gasteiger partial charge in [-0.2, -0.15) is 5.10 Å². The molecule has 2 aromatic rings. The standard InChI is InChI=1S/C9H6N4O4/c14-9(15)6-3-11-12(5-6)7-1-2-8(10-4-7)13(16)17/h1-5H,(H,14,15). The Morgan fingerprint density at radius 1 is 1.41 bits per heavy atom. The number of aromatic nitrogens is 3. The molecule has 0 aromatic carbocycles. The van der Waals surface area contributed by atoms with E-state index in [9.17, 15) is 14.9 Å². The van der Waals surface area contributed by atoms with Crippen molar-refractivity contribution in [2.45, 2.75) is 0 Å². The first-order valence-corrected chi connectivity index (χ1v) is 4.47. The number of pyridine rings is 1. The van der Waals surface area contributed by atoms with Crippen molar-refractivity contribution in [3.05, 3.63) is 46.4 Å². The van der Waals surface area contributed by atoms with E-state index < -0.39 is 10.9 Å². The Labute approximate surface area is 94.3 Å². The molecule has 0 atom stereocenters. The van der Waals surface area contributed by atoms with E-state index in [2.05, 4.69) is 10.1 Å². The van der Waals surface area contributed by atoms with E-state index in [0.29, 0.717) is 5.69 Å². The summed E-state index contributed by atoms with van der Waals surface area (Å²) in [6.45, 7) is 0. The van der Waals surface area contributed by atoms with Gasteiger partial charge < -0.3 is 15.2 Å². The van der Waals surface area contributed by atoms with Crippen LogP contribution in [0.2, 0.25) is 0 Å². The minimum atomic E-state index is -1.09. The van der Waals surface area contributed by atoms with Gasteiger partial charge in [-0.05, 0) is 16.0 Å². The van der Waals surface area contributed by atoms with E-state index in [1.165, 1.54) is 35.4 Å². The minimum absolute atomic E-state index is 0.0309. The maximum absolute atomic E-state index is 10.6. The molecule has 0 saturated carbocycles. The zero-order chi connectivity index (χ0) is 12.4. The lowest BCUT2D eigenvalue weighted by molar-refractivity contribution is -0.389. The lowest BCUT2D eigenvalue weighted by atomic mass is 10.4. The fraction of sp³-hybridized carbons (Fsp3) is 0. The topological polar surface area (TPSA) is 111 Å². The number of hydrogen-bond acceptors (Lipinski definition) is 5. The van der Waals surface area contributed by atoms with Gasteiger partial charge in [-0.1, -0.05) is 0 Å². The number of hydrogen-bond donors (Lipinski definition) is 1. The predicted octanol–water partition coefficient (Wildman–Crippen LogP) is 0.874. The lowest BCUT2D eigenvalue weighted by Gasteiger charge is -1.97. The highest BCUT2D eigenvalue weighted by Gasteiger charge is 2.10. The molecular formula is C9H6N4O4. The van der Waals surface area contributed by atoms with E-state index in [1.807, 2.05) is 0 Å². The second-order valence-electron chi connectivity index (χ2n) is 3.11. The van der Waals surface area contributed by atoms with Gasteiger partial charge in [0.25, 0.3) is 0 Å². The summed E-state index contributed by atoms with van der Waals surface area (Å²) in [5, 5.41) is 22.9. The van der Waals surface area contributed by atoms with Gasteiger partial charge in [0.05, 0.1) is 11.8 Å². The second-order valence-corrected chi connectivity index (χ2v) is 3.11. The first-order valence-electron chi connectivity index (χ1n) is 4.47. The Morgan fingerprint density at radius 3 is 2.65 bits per heavy atom. The smallest absolute Gasteiger partial charge is 0.363 e. The van der Waals surface area contributed by atoms with Crippen LogP contribution in [0.3, 0.4) is 0 Å². The first kappa shape index (κ1) is 10.7. The summed E-state index contributed by atoms with van der Waals surface area (Å²) < 4.78 is 1.28. The average molecular weight is 234 g/mol. The highest BCUT2D eigenvalue weighted by atomic mass is 16.6. The highest BCUT2D eigenvalue weighted by Crippen LogP contribution is 2.11. The van der Waals surface area contributed by atoms with Crippen LogP contribution in [0, 0.1) is 10.1 Å². The summed E-state index contributed by atoms with van der Waals surface area (Å²) in [6.07, 6.45) is 3.73. The van der Waals surface area contributed by atoms with Crippen LogP contribution in [0.25, 0.3) is 5.69 Å². The van der Waals surface area contributed by atoms with Crippen molar-refractivity contribution in [2.24, 2.45) is 0 Å². The molecule has 1 N–H and O–H groups in total. The molecule has 0 saturated heterocycles. The fourth-order valence-electron chi connectivity index (χ4n) is 1.20. The Kier molecular flexibility index (Phi) is 2.53. The largest absolute Gasteiger partial charge is 0.478 e. The van der Waals surface area contributed by atoms with Crippen molar-refractivity contribution in [3.63, 3.8) is 0 Å². The number of rotatable bonds is 3. The monoisotopic (exact) mass is 234 g/mol. The number of carbonyl (C=O) groups is 1. The normalized spacial score (nSPS) is 10.1. The molecular weight excluding hydrogens is 228 g/mol. The third kappa shape index (κ3) is 2.09. The van der Waals surface area contributed by atoms with Gasteiger partial charge in [0.2, 0.25) is 0 Å². The number of aromatic carboxylic acids is 1. The van der Waals surface area contributed by atoms with Crippen LogP contribution < -0.4 is 0 Å². The predicted molar refractivity (Wildman–Crippen MR) is 55.0 cm³/mol. The van der Waals surface area contributed by atoms with Crippen LogP contribution in [0.4, 0.5) is 5.82 Å². The third-order valence-electron chi connectivity index (χ3n) is 2.01. The van der Waals surface area contributed by atoms with Crippen LogP contribution in [0.5, 0.6) is 0 Å². The Balaban J connectivity index is 2.33. The van der Waals surface area contributed by atoms with Crippen molar-refractivity contribution in [2.75, 3.05) is 0 Å². The van der Waals surface area contributed by atoms with Crippen molar-refractivity contribution in [3.8, 4) is 5.69 Å². The van der Waals surface area contributed by atoms with Gasteiger partial charge in [-0.15, -0.1) is 0 Å². The maximum Gasteiger partial charge on any atom is 0.363 e. The Hall–Kier alpha value is -2.77. The van der Waals surface area contributed by atoms with Crippen molar-refractivity contribution < 1.29 is 14.8 Å². The molecule has 2 aromatic heterocycles. The van der Waals surface area contributed by atoms with Gasteiger partial charge in [0.15, 0.2) is 6.20 Å². The zero-order valence-electron chi connectivity index (χ0n) is 8.35. The molecule has 2 rings (SSSR count). The molecule has 0 aliphatic carbocycles. The minimum Gasteiger partial charge on any atom is -0.478 e. The Morgan fingerprint density at radius 2 is 2.18 bits per heavy atom. The van der Waals surface area contributed by atoms with Crippen molar-refractivity contribution in [1.82, 2.24) is 14.8 Å². The van der Waals surface area contributed by atoms with Gasteiger partial charge >= 0.3 is 11.8 Å². The number of carboxylic acids is 1. The summed E-state index contributed by atoms with van der Waals surface area (Å²) >= 11 is 0. The van der Waals surface area contributed by atoms with Gasteiger partial charge in [-0.3, -0.25) is 0 Å². The molecule has 2 heterocycles. The molecule has 8 heteroatoms. The summed E-state index contributed by atoms with van der Waals surface area (Å²) in [6, 6.07) is 2.65. The molecule has 0 unspecified atom stereocenters. The van der Waals surface area contributed by atoms with Crippen LogP contribution in [0.15, 0.2) is 30.7 Å². The van der Waals surface area contributed by atoms with Crippen LogP contribution in [-0.4, -0.2) is 30.8 Å². The highest BCUT2D eigenvalue weighted by molar-refractivity contribution is 5.86. The van der Waals surface area contributed by atoms with Gasteiger partial charge in [0, 0.05) is 12.3 Å². The van der Waals surface area contributed by atoms with E-state index in [-0.39, 0.29) is 11.4 Å². The first-order chi connectivity index (χ1) is 8.08. The number of carboxylic acid groups (broad SMARTS) is 1. The zero-order valence-corrected chi connectivity index (χ0v) is 8.35. The molecule has 0 bridgehead atoms. The summed E-state index contributed by atoms with van der Waals surface area (Å²) in [5.41, 5.74) is 0.478. The molecule has 0 radical (unpaired) electrons. The average Bonchev–Trinajstić information content (AvgIpc) is 2.78. The third-order valence-corrected chi connectivity index (χ3v) is 2.01. The summed E-state index contributed by atoms with van der Waals surface area (Å²) in [4.78, 5) is 24.0. The van der Waals surface area contributed by atoms with E-state index >= 15 is 0 Å². The van der Waals surface area contributed by atoms with Gasteiger partial charge in [-0.25, -0.2) is 9.48 Å². The van der Waals surface area contributed by atoms with Gasteiger partial charge in [0.1, 0.15) is 5.69 Å². The van der Waals surface area contributed by atoms with Crippen molar-refractivity contribution in [1.29, 1.82) is 0 Å². The summed E-state index contributed by atoms with van der Waals surface area (Å²) in [5.74, 6) is -1.37. The fourth-order valence-corrected chi connectivity index (χ4v) is 1.20. The van der Waals surface area contributed by atoms with E-state index in [1.54, 1.807) is 0 Å². The molecule has 0 spiro atoms. The molecule has 0 aliphatic heterocycles. The van der Waals surface area contributed by atoms with Crippen LogP contribution >= 0.6 is 0 Å². The molecule has 8 nitrogen and oxygen atoms in total. The Bertz CT molecular complexity index is 575. The van der Waals surface area contributed by atoms with E-state index in [4.69, 9.17) is 5.11 Å². The molecule has 86 valence electrons. The molecule has 17 heavy (non-hydrogen) atoms. The van der Waals surface area contributed by atoms with Crippen LogP contribution in [0.1, 0.15) is 10.4 Å².